The second-order valence-corrected chi connectivity index (χ2v) is 4.95. The highest BCUT2D eigenvalue weighted by molar-refractivity contribution is 5.91. The lowest BCUT2D eigenvalue weighted by Crippen LogP contribution is -2.54. The van der Waals surface area contributed by atoms with Crippen LogP contribution in [0.15, 0.2) is 42.3 Å². The fraction of sp³-hybridized carbons (Fsp3) is 0.353. The molecule has 0 unspecified atom stereocenters. The van der Waals surface area contributed by atoms with Crippen LogP contribution >= 0.6 is 0 Å². The molecule has 0 bridgehead atoms. The van der Waals surface area contributed by atoms with E-state index in [2.05, 4.69) is 4.98 Å². The molecule has 1 aliphatic heterocycles. The Hall–Kier alpha value is -2.51. The molecule has 2 heterocycles. The zero-order valence-corrected chi connectivity index (χ0v) is 13.9. The number of rotatable bonds is 7. The zero-order valence-electron chi connectivity index (χ0n) is 13.9. The number of nitrogens with zero attached hydrogens (tertiary/aromatic N) is 2. The van der Waals surface area contributed by atoms with E-state index in [0.717, 1.165) is 5.56 Å². The minimum absolute atomic E-state index is 0.0972. The lowest BCUT2D eigenvalue weighted by molar-refractivity contribution is -0.249. The van der Waals surface area contributed by atoms with E-state index in [0.29, 0.717) is 17.6 Å². The van der Waals surface area contributed by atoms with Gasteiger partial charge in [-0.1, -0.05) is 0 Å². The molecule has 0 aromatic carbocycles. The van der Waals surface area contributed by atoms with E-state index >= 15 is 0 Å². The normalized spacial score (nSPS) is 14.7. The highest BCUT2D eigenvalue weighted by atomic mass is 16.7. The fourth-order valence-corrected chi connectivity index (χ4v) is 2.44. The maximum Gasteiger partial charge on any atom is 0.335 e. The minimum atomic E-state index is -1.66. The van der Waals surface area contributed by atoms with Crippen molar-refractivity contribution in [1.82, 2.24) is 9.88 Å². The molecule has 1 aromatic rings. The standard InChI is InChI=1S/C17H20N2O5/c1-4-24-16(21)14-7-8-15(13-6-5-9-18-10-13)19(11-14)17(12-20,22-2)23-3/h5-10,12H,4,11H2,1-3H3. The number of aromatic nitrogens is 1. The second kappa shape index (κ2) is 7.85. The van der Waals surface area contributed by atoms with Gasteiger partial charge in [-0.05, 0) is 31.2 Å². The van der Waals surface area contributed by atoms with Crippen molar-refractivity contribution in [1.29, 1.82) is 0 Å². The molecule has 2 rings (SSSR count). The third-order valence-electron chi connectivity index (χ3n) is 3.67. The van der Waals surface area contributed by atoms with Gasteiger partial charge in [0.2, 0.25) is 6.29 Å². The molecule has 0 radical (unpaired) electrons. The lowest BCUT2D eigenvalue weighted by atomic mass is 10.0. The van der Waals surface area contributed by atoms with Gasteiger partial charge in [0.25, 0.3) is 0 Å². The molecule has 128 valence electrons. The monoisotopic (exact) mass is 332 g/mol. The van der Waals surface area contributed by atoms with E-state index in [-0.39, 0.29) is 13.2 Å². The molecule has 0 saturated heterocycles. The van der Waals surface area contributed by atoms with Crippen LogP contribution in [0.4, 0.5) is 0 Å². The van der Waals surface area contributed by atoms with E-state index in [1.54, 1.807) is 42.4 Å². The van der Waals surface area contributed by atoms with Gasteiger partial charge in [-0.2, -0.15) is 0 Å². The number of ether oxygens (including phenoxy) is 3. The van der Waals surface area contributed by atoms with Crippen LogP contribution in [-0.2, 0) is 23.8 Å². The largest absolute Gasteiger partial charge is 0.463 e. The number of aldehydes is 1. The summed E-state index contributed by atoms with van der Waals surface area (Å²) in [5.41, 5.74) is 1.80. The molecular formula is C17H20N2O5. The predicted molar refractivity (Wildman–Crippen MR) is 86.4 cm³/mol. The molecule has 0 atom stereocenters. The Morgan fingerprint density at radius 1 is 1.38 bits per heavy atom. The number of methoxy groups -OCH3 is 2. The van der Waals surface area contributed by atoms with Crippen LogP contribution in [0.5, 0.6) is 0 Å². The first-order valence-electron chi connectivity index (χ1n) is 7.44. The first kappa shape index (κ1) is 17.8. The number of carbonyl (C=O) groups excluding carboxylic acids is 2. The maximum atomic E-state index is 12.1. The predicted octanol–water partition coefficient (Wildman–Crippen LogP) is 1.37. The van der Waals surface area contributed by atoms with Crippen molar-refractivity contribution in [2.24, 2.45) is 0 Å². The highest BCUT2D eigenvalue weighted by Gasteiger charge is 2.41. The van der Waals surface area contributed by atoms with Crippen molar-refractivity contribution in [3.8, 4) is 0 Å². The molecule has 24 heavy (non-hydrogen) atoms. The van der Waals surface area contributed by atoms with Crippen LogP contribution in [0.2, 0.25) is 0 Å². The van der Waals surface area contributed by atoms with Gasteiger partial charge in [-0.15, -0.1) is 0 Å². The van der Waals surface area contributed by atoms with Gasteiger partial charge >= 0.3 is 11.9 Å². The van der Waals surface area contributed by atoms with Crippen LogP contribution < -0.4 is 0 Å². The molecule has 0 N–H and O–H groups in total. The first-order valence-corrected chi connectivity index (χ1v) is 7.44. The van der Waals surface area contributed by atoms with Crippen LogP contribution in [0.1, 0.15) is 12.5 Å². The summed E-state index contributed by atoms with van der Waals surface area (Å²) >= 11 is 0. The Balaban J connectivity index is 2.49. The highest BCUT2D eigenvalue weighted by Crippen LogP contribution is 2.31. The van der Waals surface area contributed by atoms with Crippen molar-refractivity contribution in [2.75, 3.05) is 27.4 Å². The van der Waals surface area contributed by atoms with E-state index in [1.807, 2.05) is 6.07 Å². The Kier molecular flexibility index (Phi) is 5.83. The molecule has 0 aliphatic carbocycles. The van der Waals surface area contributed by atoms with Gasteiger partial charge < -0.3 is 19.1 Å². The number of allylic oxidation sites excluding steroid dienone is 2. The van der Waals surface area contributed by atoms with Crippen LogP contribution in [0.25, 0.3) is 5.70 Å². The molecule has 0 saturated carbocycles. The number of pyridine rings is 1. The van der Waals surface area contributed by atoms with Gasteiger partial charge in [0, 0.05) is 32.2 Å². The average molecular weight is 332 g/mol. The summed E-state index contributed by atoms with van der Waals surface area (Å²) < 4.78 is 15.7. The van der Waals surface area contributed by atoms with Gasteiger partial charge in [0.15, 0.2) is 0 Å². The molecule has 7 heteroatoms. The van der Waals surface area contributed by atoms with E-state index in [9.17, 15) is 9.59 Å². The molecule has 7 nitrogen and oxygen atoms in total. The summed E-state index contributed by atoms with van der Waals surface area (Å²) in [7, 11) is 2.72. The van der Waals surface area contributed by atoms with E-state index in [1.165, 1.54) is 14.2 Å². The average Bonchev–Trinajstić information content (AvgIpc) is 2.64. The Labute approximate surface area is 140 Å². The summed E-state index contributed by atoms with van der Waals surface area (Å²) in [5, 5.41) is 0. The van der Waals surface area contributed by atoms with Gasteiger partial charge in [-0.3, -0.25) is 9.78 Å². The van der Waals surface area contributed by atoms with Crippen LogP contribution in [0.3, 0.4) is 0 Å². The van der Waals surface area contributed by atoms with Crippen molar-refractivity contribution in [3.05, 3.63) is 47.8 Å². The van der Waals surface area contributed by atoms with Gasteiger partial charge in [0.05, 0.1) is 24.4 Å². The van der Waals surface area contributed by atoms with Crippen molar-refractivity contribution < 1.29 is 23.8 Å². The summed E-state index contributed by atoms with van der Waals surface area (Å²) in [4.78, 5) is 29.4. The van der Waals surface area contributed by atoms with Crippen molar-refractivity contribution >= 4 is 18.0 Å². The Morgan fingerprint density at radius 2 is 2.12 bits per heavy atom. The quantitative estimate of drug-likeness (QED) is 0.424. The molecule has 0 spiro atoms. The topological polar surface area (TPSA) is 78.0 Å². The molecular weight excluding hydrogens is 312 g/mol. The number of hydrogen-bond donors (Lipinski definition) is 0. The fourth-order valence-electron chi connectivity index (χ4n) is 2.44. The van der Waals surface area contributed by atoms with Gasteiger partial charge in [-0.25, -0.2) is 4.79 Å². The van der Waals surface area contributed by atoms with Crippen molar-refractivity contribution in [2.45, 2.75) is 12.8 Å². The molecule has 1 aliphatic rings. The second-order valence-electron chi connectivity index (χ2n) is 4.95. The smallest absolute Gasteiger partial charge is 0.335 e. The Bertz CT molecular complexity index is 650. The lowest BCUT2D eigenvalue weighted by Gasteiger charge is -2.41. The Morgan fingerprint density at radius 3 is 2.67 bits per heavy atom. The summed E-state index contributed by atoms with van der Waals surface area (Å²) in [5.74, 6) is -2.11. The molecule has 1 aromatic heterocycles. The van der Waals surface area contributed by atoms with Crippen LogP contribution in [-0.4, -0.2) is 55.4 Å². The van der Waals surface area contributed by atoms with E-state index < -0.39 is 11.9 Å². The van der Waals surface area contributed by atoms with Gasteiger partial charge in [0.1, 0.15) is 0 Å². The summed E-state index contributed by atoms with van der Waals surface area (Å²) in [6.45, 7) is 2.10. The summed E-state index contributed by atoms with van der Waals surface area (Å²) in [6, 6.07) is 3.62. The number of hydrogen-bond acceptors (Lipinski definition) is 7. The number of carbonyl (C=O) groups is 2. The van der Waals surface area contributed by atoms with Crippen molar-refractivity contribution in [3.63, 3.8) is 0 Å². The number of esters is 1. The third-order valence-corrected chi connectivity index (χ3v) is 3.67. The maximum absolute atomic E-state index is 12.1. The van der Waals surface area contributed by atoms with E-state index in [4.69, 9.17) is 14.2 Å². The SMILES string of the molecule is CCOC(=O)C1=CC=C(c2cccnc2)N(C(C=O)(OC)OC)C1. The first-order chi connectivity index (χ1) is 11.6. The summed E-state index contributed by atoms with van der Waals surface area (Å²) in [6.07, 6.45) is 7.23. The van der Waals surface area contributed by atoms with Crippen LogP contribution in [0, 0.1) is 0 Å². The molecule has 0 fully saturated rings. The zero-order chi connectivity index (χ0) is 17.6. The third kappa shape index (κ3) is 3.37. The minimum Gasteiger partial charge on any atom is -0.463 e. The molecule has 0 amide bonds.